The van der Waals surface area contributed by atoms with Gasteiger partial charge in [0.2, 0.25) is 0 Å². The smallest absolute Gasteiger partial charge is 0.272 e. The second-order valence-corrected chi connectivity index (χ2v) is 6.57. The number of hydrogen-bond donors (Lipinski definition) is 2. The number of nitrogens with one attached hydrogen (secondary N) is 1. The molecule has 6 heteroatoms. The number of aromatic hydroxyl groups is 1. The van der Waals surface area contributed by atoms with Gasteiger partial charge in [0, 0.05) is 25.0 Å². The number of carbonyl (C=O) groups is 1. The van der Waals surface area contributed by atoms with Crippen molar-refractivity contribution in [2.45, 2.75) is 32.2 Å². The van der Waals surface area contributed by atoms with Gasteiger partial charge in [-0.25, -0.2) is 0 Å². The van der Waals surface area contributed by atoms with Crippen molar-refractivity contribution in [3.05, 3.63) is 66.1 Å². The molecule has 3 rings (SSSR count). The zero-order valence-corrected chi connectivity index (χ0v) is 15.6. The number of pyridine rings is 1. The number of carbonyl (C=O) groups excluding carboxylic acids is 1. The summed E-state index contributed by atoms with van der Waals surface area (Å²) in [6.45, 7) is 2.14. The third-order valence-corrected chi connectivity index (χ3v) is 4.66. The molecule has 0 bridgehead atoms. The molecule has 1 atom stereocenters. The molecular weight excluding hydrogens is 340 g/mol. The van der Waals surface area contributed by atoms with E-state index < -0.39 is 0 Å². The van der Waals surface area contributed by atoms with Crippen molar-refractivity contribution in [2.75, 3.05) is 7.05 Å². The average Bonchev–Trinajstić information content (AvgIpc) is 3.19. The highest BCUT2D eigenvalue weighted by atomic mass is 16.3. The highest BCUT2D eigenvalue weighted by Gasteiger charge is 2.24. The predicted octanol–water partition coefficient (Wildman–Crippen LogP) is 4.18. The number of aromatic nitrogens is 3. The Morgan fingerprint density at radius 3 is 2.70 bits per heavy atom. The van der Waals surface area contributed by atoms with Crippen molar-refractivity contribution in [3.63, 3.8) is 0 Å². The van der Waals surface area contributed by atoms with E-state index in [2.05, 4.69) is 22.1 Å². The number of phenols is 1. The summed E-state index contributed by atoms with van der Waals surface area (Å²) in [5, 5.41) is 16.5. The Kier molecular flexibility index (Phi) is 5.86. The van der Waals surface area contributed by atoms with Crippen LogP contribution in [0.2, 0.25) is 0 Å². The first-order chi connectivity index (χ1) is 13.1. The van der Waals surface area contributed by atoms with Gasteiger partial charge in [0.05, 0.1) is 11.7 Å². The molecule has 0 spiro atoms. The summed E-state index contributed by atoms with van der Waals surface area (Å²) in [5.41, 5.74) is 2.96. The van der Waals surface area contributed by atoms with Crippen LogP contribution < -0.4 is 0 Å². The zero-order valence-electron chi connectivity index (χ0n) is 15.6. The molecule has 0 saturated carbocycles. The highest BCUT2D eigenvalue weighted by molar-refractivity contribution is 5.93. The Morgan fingerprint density at radius 1 is 1.26 bits per heavy atom. The molecule has 0 fully saturated rings. The van der Waals surface area contributed by atoms with Crippen molar-refractivity contribution in [1.29, 1.82) is 0 Å². The van der Waals surface area contributed by atoms with Crippen LogP contribution in [0.5, 0.6) is 5.75 Å². The Labute approximate surface area is 158 Å². The van der Waals surface area contributed by atoms with E-state index in [0.717, 1.165) is 30.4 Å². The predicted molar refractivity (Wildman–Crippen MR) is 104 cm³/mol. The summed E-state index contributed by atoms with van der Waals surface area (Å²) in [6, 6.07) is 12.3. The molecular formula is C21H24N4O2. The van der Waals surface area contributed by atoms with Crippen LogP contribution in [0.3, 0.4) is 0 Å². The lowest BCUT2D eigenvalue weighted by molar-refractivity contribution is 0.0714. The van der Waals surface area contributed by atoms with Crippen molar-refractivity contribution < 1.29 is 9.90 Å². The summed E-state index contributed by atoms with van der Waals surface area (Å²) in [4.78, 5) is 19.0. The van der Waals surface area contributed by atoms with Crippen LogP contribution in [-0.2, 0) is 0 Å². The van der Waals surface area contributed by atoms with Gasteiger partial charge in [0.25, 0.3) is 5.91 Å². The number of aromatic amines is 1. The van der Waals surface area contributed by atoms with Crippen LogP contribution in [0.4, 0.5) is 0 Å². The molecule has 2 heterocycles. The van der Waals surface area contributed by atoms with Gasteiger partial charge in [-0.3, -0.25) is 14.9 Å². The fourth-order valence-electron chi connectivity index (χ4n) is 3.10. The summed E-state index contributed by atoms with van der Waals surface area (Å²) in [5.74, 6) is 0.0815. The van der Waals surface area contributed by atoms with E-state index in [1.807, 2.05) is 25.4 Å². The fraction of sp³-hybridized carbons (Fsp3) is 0.286. The molecule has 0 aliphatic carbocycles. The molecule has 3 aromatic rings. The lowest BCUT2D eigenvalue weighted by Gasteiger charge is -2.28. The Balaban J connectivity index is 1.81. The van der Waals surface area contributed by atoms with Gasteiger partial charge in [-0.05, 0) is 48.4 Å². The quantitative estimate of drug-likeness (QED) is 0.659. The first-order valence-corrected chi connectivity index (χ1v) is 9.12. The number of amides is 1. The van der Waals surface area contributed by atoms with Gasteiger partial charge in [-0.15, -0.1) is 0 Å². The third kappa shape index (κ3) is 4.34. The lowest BCUT2D eigenvalue weighted by Crippen LogP contribution is -2.31. The van der Waals surface area contributed by atoms with Gasteiger partial charge >= 0.3 is 0 Å². The zero-order chi connectivity index (χ0) is 19.2. The van der Waals surface area contributed by atoms with Gasteiger partial charge in [-0.1, -0.05) is 25.8 Å². The number of rotatable bonds is 7. The third-order valence-electron chi connectivity index (χ3n) is 4.66. The summed E-state index contributed by atoms with van der Waals surface area (Å²) in [7, 11) is 1.82. The maximum absolute atomic E-state index is 13.0. The van der Waals surface area contributed by atoms with Crippen LogP contribution in [0.1, 0.15) is 48.3 Å². The maximum Gasteiger partial charge on any atom is 0.272 e. The molecule has 0 aliphatic heterocycles. The molecule has 6 nitrogen and oxygen atoms in total. The second kappa shape index (κ2) is 8.49. The Morgan fingerprint density at radius 2 is 2.04 bits per heavy atom. The van der Waals surface area contributed by atoms with Gasteiger partial charge < -0.3 is 10.0 Å². The first kappa shape index (κ1) is 18.6. The van der Waals surface area contributed by atoms with E-state index in [1.54, 1.807) is 41.4 Å². The van der Waals surface area contributed by atoms with E-state index >= 15 is 0 Å². The molecule has 140 valence electrons. The number of H-pyrrole nitrogens is 1. The number of unbranched alkanes of at least 4 members (excludes halogenated alkanes) is 1. The summed E-state index contributed by atoms with van der Waals surface area (Å²) in [6.07, 6.45) is 6.52. The monoisotopic (exact) mass is 364 g/mol. The topological polar surface area (TPSA) is 82.1 Å². The van der Waals surface area contributed by atoms with Crippen LogP contribution in [0.15, 0.2) is 54.9 Å². The molecule has 2 N–H and O–H groups in total. The molecule has 0 saturated heterocycles. The number of hydrogen-bond acceptors (Lipinski definition) is 4. The molecule has 1 aromatic carbocycles. The van der Waals surface area contributed by atoms with E-state index in [0.29, 0.717) is 11.4 Å². The van der Waals surface area contributed by atoms with Crippen molar-refractivity contribution in [2.24, 2.45) is 0 Å². The SMILES string of the molecule is CCCC[C@@H](c1cccnc1)N(C)C(=O)c1cc(-c2ccc(O)cc2)n[nH]1. The number of benzene rings is 1. The second-order valence-electron chi connectivity index (χ2n) is 6.57. The van der Waals surface area contributed by atoms with Crippen molar-refractivity contribution >= 4 is 5.91 Å². The van der Waals surface area contributed by atoms with E-state index in [4.69, 9.17) is 0 Å². The fourth-order valence-corrected chi connectivity index (χ4v) is 3.10. The Hall–Kier alpha value is -3.15. The highest BCUT2D eigenvalue weighted by Crippen LogP contribution is 2.27. The van der Waals surface area contributed by atoms with E-state index in [9.17, 15) is 9.90 Å². The minimum atomic E-state index is -0.113. The number of phenolic OH excluding ortho intramolecular Hbond substituents is 1. The van der Waals surface area contributed by atoms with Gasteiger partial charge in [-0.2, -0.15) is 5.10 Å². The summed E-state index contributed by atoms with van der Waals surface area (Å²) < 4.78 is 0. The summed E-state index contributed by atoms with van der Waals surface area (Å²) >= 11 is 0. The molecule has 0 aliphatic rings. The molecule has 1 amide bonds. The number of nitrogens with zero attached hydrogens (tertiary/aromatic N) is 3. The van der Waals surface area contributed by atoms with Crippen LogP contribution in [-0.4, -0.2) is 38.1 Å². The van der Waals surface area contributed by atoms with Crippen molar-refractivity contribution in [1.82, 2.24) is 20.1 Å². The first-order valence-electron chi connectivity index (χ1n) is 9.12. The largest absolute Gasteiger partial charge is 0.508 e. The van der Waals surface area contributed by atoms with Crippen LogP contribution >= 0.6 is 0 Å². The molecule has 0 unspecified atom stereocenters. The van der Waals surface area contributed by atoms with E-state index in [-0.39, 0.29) is 17.7 Å². The minimum Gasteiger partial charge on any atom is -0.508 e. The van der Waals surface area contributed by atoms with Gasteiger partial charge in [0.1, 0.15) is 11.4 Å². The molecule has 27 heavy (non-hydrogen) atoms. The standard InChI is InChI=1S/C21H24N4O2/c1-3-4-7-20(16-6-5-12-22-14-16)25(2)21(27)19-13-18(23-24-19)15-8-10-17(26)11-9-15/h5-6,8-14,20,26H,3-4,7H2,1-2H3,(H,23,24)/t20-/m0/s1. The van der Waals surface area contributed by atoms with Gasteiger partial charge in [0.15, 0.2) is 0 Å². The molecule has 0 radical (unpaired) electrons. The van der Waals surface area contributed by atoms with Crippen LogP contribution in [0.25, 0.3) is 11.3 Å². The average molecular weight is 364 g/mol. The van der Waals surface area contributed by atoms with Crippen LogP contribution in [0, 0.1) is 0 Å². The molecule has 2 aromatic heterocycles. The Bertz CT molecular complexity index is 875. The normalized spacial score (nSPS) is 11.9. The van der Waals surface area contributed by atoms with E-state index in [1.165, 1.54) is 0 Å². The lowest BCUT2D eigenvalue weighted by atomic mass is 10.0. The minimum absolute atomic E-state index is 0.0356. The maximum atomic E-state index is 13.0. The van der Waals surface area contributed by atoms with Crippen molar-refractivity contribution in [3.8, 4) is 17.0 Å².